The van der Waals surface area contributed by atoms with Crippen molar-refractivity contribution in [3.05, 3.63) is 11.7 Å². The molecule has 1 atom stereocenters. The van der Waals surface area contributed by atoms with Gasteiger partial charge >= 0.3 is 0 Å². The molecule has 0 amide bonds. The number of piperidine rings is 1. The monoisotopic (exact) mass is 239 g/mol. The Morgan fingerprint density at radius 2 is 2.35 bits per heavy atom. The van der Waals surface area contributed by atoms with Crippen LogP contribution >= 0.6 is 0 Å². The smallest absolute Gasteiger partial charge is 0.229 e. The number of nitrogens with one attached hydrogen (secondary N) is 1. The number of ether oxygens (including phenoxy) is 1. The van der Waals surface area contributed by atoms with Crippen molar-refractivity contribution >= 4 is 0 Å². The molecule has 2 heterocycles. The Morgan fingerprint density at radius 1 is 1.53 bits per heavy atom. The molecular formula is C12H21N3O2. The SMILES string of the molecule is CC(C)c1nc(COC2(C)CCCNC2)no1. The molecule has 0 spiro atoms. The Morgan fingerprint density at radius 3 is 2.94 bits per heavy atom. The van der Waals surface area contributed by atoms with Gasteiger partial charge in [-0.1, -0.05) is 19.0 Å². The average Bonchev–Trinajstić information content (AvgIpc) is 2.76. The minimum atomic E-state index is -0.100. The van der Waals surface area contributed by atoms with Crippen molar-refractivity contribution in [2.24, 2.45) is 0 Å². The van der Waals surface area contributed by atoms with Gasteiger partial charge in [0.2, 0.25) is 5.89 Å². The first-order valence-corrected chi connectivity index (χ1v) is 6.26. The second-order valence-electron chi connectivity index (χ2n) is 5.22. The second kappa shape index (κ2) is 5.14. The molecule has 5 heteroatoms. The fourth-order valence-electron chi connectivity index (χ4n) is 1.95. The number of hydrogen-bond acceptors (Lipinski definition) is 5. The molecule has 1 aliphatic rings. The van der Waals surface area contributed by atoms with Gasteiger partial charge in [-0.05, 0) is 26.3 Å². The number of aromatic nitrogens is 2. The lowest BCUT2D eigenvalue weighted by Gasteiger charge is -2.33. The fourth-order valence-corrected chi connectivity index (χ4v) is 1.95. The van der Waals surface area contributed by atoms with Crippen molar-refractivity contribution in [2.75, 3.05) is 13.1 Å². The molecule has 1 saturated heterocycles. The normalized spacial score (nSPS) is 25.4. The Labute approximate surface area is 102 Å². The largest absolute Gasteiger partial charge is 0.366 e. The molecule has 0 aliphatic carbocycles. The van der Waals surface area contributed by atoms with E-state index in [4.69, 9.17) is 9.26 Å². The van der Waals surface area contributed by atoms with Crippen LogP contribution in [0.1, 0.15) is 51.2 Å². The van der Waals surface area contributed by atoms with Gasteiger partial charge in [0.15, 0.2) is 5.82 Å². The summed E-state index contributed by atoms with van der Waals surface area (Å²) in [6.07, 6.45) is 2.23. The lowest BCUT2D eigenvalue weighted by atomic mass is 9.96. The van der Waals surface area contributed by atoms with Crippen LogP contribution in [0, 0.1) is 0 Å². The Balaban J connectivity index is 1.88. The third-order valence-electron chi connectivity index (χ3n) is 3.09. The second-order valence-corrected chi connectivity index (χ2v) is 5.22. The summed E-state index contributed by atoms with van der Waals surface area (Å²) >= 11 is 0. The standard InChI is InChI=1S/C12H21N3O2/c1-9(2)11-14-10(15-17-11)7-16-12(3)5-4-6-13-8-12/h9,13H,4-8H2,1-3H3. The molecule has 1 aliphatic heterocycles. The van der Waals surface area contributed by atoms with Crippen molar-refractivity contribution in [3.63, 3.8) is 0 Å². The van der Waals surface area contributed by atoms with E-state index in [2.05, 4.69) is 22.4 Å². The van der Waals surface area contributed by atoms with Gasteiger partial charge in [-0.15, -0.1) is 0 Å². The van der Waals surface area contributed by atoms with Gasteiger partial charge in [0, 0.05) is 12.5 Å². The van der Waals surface area contributed by atoms with Gasteiger partial charge in [0.25, 0.3) is 0 Å². The zero-order valence-corrected chi connectivity index (χ0v) is 10.8. The van der Waals surface area contributed by atoms with Crippen molar-refractivity contribution in [1.29, 1.82) is 0 Å². The quantitative estimate of drug-likeness (QED) is 0.869. The highest BCUT2D eigenvalue weighted by Crippen LogP contribution is 2.21. The summed E-state index contributed by atoms with van der Waals surface area (Å²) in [6, 6.07) is 0. The minimum absolute atomic E-state index is 0.100. The van der Waals surface area contributed by atoms with Crippen LogP contribution in [0.3, 0.4) is 0 Å². The van der Waals surface area contributed by atoms with E-state index in [1.807, 2.05) is 13.8 Å². The molecule has 96 valence electrons. The van der Waals surface area contributed by atoms with E-state index in [-0.39, 0.29) is 11.5 Å². The number of hydrogen-bond donors (Lipinski definition) is 1. The lowest BCUT2D eigenvalue weighted by Crippen LogP contribution is -2.45. The van der Waals surface area contributed by atoms with Crippen LogP contribution in [0.2, 0.25) is 0 Å². The van der Waals surface area contributed by atoms with E-state index in [9.17, 15) is 0 Å². The topological polar surface area (TPSA) is 60.2 Å². The summed E-state index contributed by atoms with van der Waals surface area (Å²) in [5.41, 5.74) is -0.100. The van der Waals surface area contributed by atoms with Gasteiger partial charge in [-0.25, -0.2) is 0 Å². The van der Waals surface area contributed by atoms with Gasteiger partial charge < -0.3 is 14.6 Å². The molecule has 2 rings (SSSR count). The molecule has 0 radical (unpaired) electrons. The zero-order chi connectivity index (χ0) is 12.3. The molecule has 1 fully saturated rings. The number of nitrogens with zero attached hydrogens (tertiary/aromatic N) is 2. The van der Waals surface area contributed by atoms with E-state index < -0.39 is 0 Å². The molecule has 1 unspecified atom stereocenters. The van der Waals surface area contributed by atoms with E-state index >= 15 is 0 Å². The summed E-state index contributed by atoms with van der Waals surface area (Å²) in [4.78, 5) is 4.30. The van der Waals surface area contributed by atoms with E-state index in [0.717, 1.165) is 25.9 Å². The summed E-state index contributed by atoms with van der Waals surface area (Å²) in [6.45, 7) is 8.59. The van der Waals surface area contributed by atoms with Crippen LogP contribution in [0.25, 0.3) is 0 Å². The first kappa shape index (κ1) is 12.5. The summed E-state index contributed by atoms with van der Waals surface area (Å²) in [5, 5.41) is 7.27. The molecule has 0 saturated carbocycles. The Kier molecular flexibility index (Phi) is 3.79. The summed E-state index contributed by atoms with van der Waals surface area (Å²) in [5.74, 6) is 1.58. The highest BCUT2D eigenvalue weighted by Gasteiger charge is 2.28. The predicted molar refractivity (Wildman–Crippen MR) is 63.7 cm³/mol. The highest BCUT2D eigenvalue weighted by atomic mass is 16.5. The summed E-state index contributed by atoms with van der Waals surface area (Å²) in [7, 11) is 0. The predicted octanol–water partition coefficient (Wildman–Crippen LogP) is 1.85. The van der Waals surface area contributed by atoms with E-state index in [1.54, 1.807) is 0 Å². The van der Waals surface area contributed by atoms with Crippen LogP contribution < -0.4 is 5.32 Å². The van der Waals surface area contributed by atoms with E-state index in [1.165, 1.54) is 0 Å². The maximum absolute atomic E-state index is 5.90. The third kappa shape index (κ3) is 3.26. The van der Waals surface area contributed by atoms with Gasteiger partial charge in [-0.3, -0.25) is 0 Å². The third-order valence-corrected chi connectivity index (χ3v) is 3.09. The van der Waals surface area contributed by atoms with Crippen molar-refractivity contribution in [3.8, 4) is 0 Å². The van der Waals surface area contributed by atoms with Crippen molar-refractivity contribution in [2.45, 2.75) is 51.7 Å². The highest BCUT2D eigenvalue weighted by molar-refractivity contribution is 4.90. The minimum Gasteiger partial charge on any atom is -0.366 e. The molecule has 5 nitrogen and oxygen atoms in total. The first-order valence-electron chi connectivity index (χ1n) is 6.26. The van der Waals surface area contributed by atoms with Crippen molar-refractivity contribution < 1.29 is 9.26 Å². The van der Waals surface area contributed by atoms with Gasteiger partial charge in [0.1, 0.15) is 6.61 Å². The zero-order valence-electron chi connectivity index (χ0n) is 10.8. The van der Waals surface area contributed by atoms with Gasteiger partial charge in [-0.2, -0.15) is 4.98 Å². The van der Waals surface area contributed by atoms with Crippen LogP contribution in [-0.4, -0.2) is 28.8 Å². The van der Waals surface area contributed by atoms with Crippen LogP contribution in [0.15, 0.2) is 4.52 Å². The Bertz CT molecular complexity index is 356. The van der Waals surface area contributed by atoms with Crippen LogP contribution in [-0.2, 0) is 11.3 Å². The van der Waals surface area contributed by atoms with Gasteiger partial charge in [0.05, 0.1) is 5.60 Å². The fraction of sp³-hybridized carbons (Fsp3) is 0.833. The molecule has 17 heavy (non-hydrogen) atoms. The molecule has 1 N–H and O–H groups in total. The van der Waals surface area contributed by atoms with Crippen LogP contribution in [0.5, 0.6) is 0 Å². The number of rotatable bonds is 4. The molecule has 0 bridgehead atoms. The molecule has 1 aromatic rings. The molecule has 0 aromatic carbocycles. The average molecular weight is 239 g/mol. The van der Waals surface area contributed by atoms with Crippen LogP contribution in [0.4, 0.5) is 0 Å². The maximum atomic E-state index is 5.90. The maximum Gasteiger partial charge on any atom is 0.229 e. The van der Waals surface area contributed by atoms with Crippen molar-refractivity contribution in [1.82, 2.24) is 15.5 Å². The summed E-state index contributed by atoms with van der Waals surface area (Å²) < 4.78 is 11.0. The molecule has 1 aromatic heterocycles. The lowest BCUT2D eigenvalue weighted by molar-refractivity contribution is -0.0600. The Hall–Kier alpha value is -0.940. The molecular weight excluding hydrogens is 218 g/mol. The van der Waals surface area contributed by atoms with E-state index in [0.29, 0.717) is 18.3 Å². The first-order chi connectivity index (χ1) is 8.09.